The summed E-state index contributed by atoms with van der Waals surface area (Å²) in [5.74, 6) is 0. The molecule has 0 amide bonds. The second-order valence-electron chi connectivity index (χ2n) is 5.23. The molecule has 0 aromatic heterocycles. The summed E-state index contributed by atoms with van der Waals surface area (Å²) in [6.07, 6.45) is 0.856. The van der Waals surface area contributed by atoms with Crippen molar-refractivity contribution in [3.8, 4) is 0 Å². The standard InChI is InChI=1S/C12H18BrNO2S/c1-12(2,3)11(13)8-9-4-6-10(7-5-9)17(14,15)16/h4-7,11H,8H2,1-3H3,(H2,14,15,16). The maximum Gasteiger partial charge on any atom is 0.238 e. The minimum Gasteiger partial charge on any atom is -0.225 e. The number of sulfonamides is 1. The van der Waals surface area contributed by atoms with Gasteiger partial charge in [0.15, 0.2) is 0 Å². The molecular weight excluding hydrogens is 302 g/mol. The monoisotopic (exact) mass is 319 g/mol. The molecule has 1 atom stereocenters. The van der Waals surface area contributed by atoms with Gasteiger partial charge in [-0.1, -0.05) is 48.8 Å². The zero-order valence-electron chi connectivity index (χ0n) is 10.3. The first-order valence-electron chi connectivity index (χ1n) is 5.36. The van der Waals surface area contributed by atoms with Crippen molar-refractivity contribution in [1.29, 1.82) is 0 Å². The number of halogens is 1. The molecule has 0 aliphatic rings. The fourth-order valence-electron chi connectivity index (χ4n) is 1.33. The molecule has 2 N–H and O–H groups in total. The molecule has 3 nitrogen and oxygen atoms in total. The molecule has 0 aliphatic carbocycles. The van der Waals surface area contributed by atoms with Gasteiger partial charge in [-0.05, 0) is 29.5 Å². The quantitative estimate of drug-likeness (QED) is 0.871. The first-order valence-corrected chi connectivity index (χ1v) is 7.83. The molecule has 5 heteroatoms. The largest absolute Gasteiger partial charge is 0.238 e. The van der Waals surface area contributed by atoms with E-state index in [1.807, 2.05) is 0 Å². The van der Waals surface area contributed by atoms with Gasteiger partial charge in [0.1, 0.15) is 0 Å². The summed E-state index contributed by atoms with van der Waals surface area (Å²) in [6.45, 7) is 6.47. The van der Waals surface area contributed by atoms with Crippen molar-refractivity contribution in [3.05, 3.63) is 29.8 Å². The zero-order chi connectivity index (χ0) is 13.3. The Morgan fingerprint density at radius 1 is 1.24 bits per heavy atom. The van der Waals surface area contributed by atoms with Crippen molar-refractivity contribution in [2.45, 2.75) is 36.9 Å². The SMILES string of the molecule is CC(C)(C)C(Br)Cc1ccc(S(N)(=O)=O)cc1. The summed E-state index contributed by atoms with van der Waals surface area (Å²) in [6, 6.07) is 6.71. The highest BCUT2D eigenvalue weighted by Crippen LogP contribution is 2.29. The van der Waals surface area contributed by atoms with Gasteiger partial charge in [-0.15, -0.1) is 0 Å². The molecule has 0 bridgehead atoms. The highest BCUT2D eigenvalue weighted by molar-refractivity contribution is 9.09. The van der Waals surface area contributed by atoms with Gasteiger partial charge in [-0.2, -0.15) is 0 Å². The Morgan fingerprint density at radius 2 is 1.71 bits per heavy atom. The van der Waals surface area contributed by atoms with Crippen LogP contribution in [-0.4, -0.2) is 13.2 Å². The van der Waals surface area contributed by atoms with Crippen molar-refractivity contribution < 1.29 is 8.42 Å². The lowest BCUT2D eigenvalue weighted by molar-refractivity contribution is 0.398. The first kappa shape index (κ1) is 14.7. The van der Waals surface area contributed by atoms with Crippen LogP contribution in [0.3, 0.4) is 0 Å². The Kier molecular flexibility index (Phi) is 4.38. The average Bonchev–Trinajstić information content (AvgIpc) is 2.15. The van der Waals surface area contributed by atoms with Gasteiger partial charge in [0.05, 0.1) is 4.90 Å². The van der Waals surface area contributed by atoms with E-state index in [9.17, 15) is 8.42 Å². The summed E-state index contributed by atoms with van der Waals surface area (Å²) in [7, 11) is -3.59. The molecule has 0 fully saturated rings. The van der Waals surface area contributed by atoms with E-state index in [1.54, 1.807) is 24.3 Å². The van der Waals surface area contributed by atoms with Gasteiger partial charge in [0, 0.05) is 4.83 Å². The Labute approximate surface area is 112 Å². The molecule has 1 unspecified atom stereocenters. The predicted octanol–water partition coefficient (Wildman–Crippen LogP) is 2.69. The Bertz CT molecular complexity index is 474. The summed E-state index contributed by atoms with van der Waals surface area (Å²) in [5, 5.41) is 5.04. The lowest BCUT2D eigenvalue weighted by atomic mass is 9.88. The van der Waals surface area contributed by atoms with E-state index in [0.29, 0.717) is 4.83 Å². The molecule has 0 spiro atoms. The fraction of sp³-hybridized carbons (Fsp3) is 0.500. The summed E-state index contributed by atoms with van der Waals surface area (Å²) in [4.78, 5) is 0.499. The number of rotatable bonds is 3. The normalized spacial score (nSPS) is 14.6. The van der Waals surface area contributed by atoms with Gasteiger partial charge in [0.2, 0.25) is 10.0 Å². The summed E-state index contributed by atoms with van der Waals surface area (Å²) in [5.41, 5.74) is 1.26. The van der Waals surface area contributed by atoms with Crippen molar-refractivity contribution in [2.75, 3.05) is 0 Å². The second kappa shape index (κ2) is 5.08. The minimum atomic E-state index is -3.59. The third kappa shape index (κ3) is 4.41. The van der Waals surface area contributed by atoms with Gasteiger partial charge < -0.3 is 0 Å². The smallest absolute Gasteiger partial charge is 0.225 e. The lowest BCUT2D eigenvalue weighted by Crippen LogP contribution is -2.22. The maximum atomic E-state index is 11.1. The number of primary sulfonamides is 1. The number of benzene rings is 1. The van der Waals surface area contributed by atoms with E-state index in [2.05, 4.69) is 36.7 Å². The van der Waals surface area contributed by atoms with Gasteiger partial charge in [-0.25, -0.2) is 13.6 Å². The summed E-state index contributed by atoms with van der Waals surface area (Å²) >= 11 is 3.65. The third-order valence-electron chi connectivity index (χ3n) is 2.61. The molecule has 1 aromatic carbocycles. The van der Waals surface area contributed by atoms with Crippen molar-refractivity contribution in [1.82, 2.24) is 0 Å². The summed E-state index contributed by atoms with van der Waals surface area (Å²) < 4.78 is 22.2. The minimum absolute atomic E-state index is 0.156. The van der Waals surface area contributed by atoms with E-state index in [1.165, 1.54) is 0 Å². The van der Waals surface area contributed by atoms with E-state index in [-0.39, 0.29) is 10.3 Å². The van der Waals surface area contributed by atoms with Gasteiger partial charge in [0.25, 0.3) is 0 Å². The van der Waals surface area contributed by atoms with Crippen LogP contribution in [0.1, 0.15) is 26.3 Å². The van der Waals surface area contributed by atoms with E-state index >= 15 is 0 Å². The van der Waals surface area contributed by atoms with Crippen LogP contribution in [-0.2, 0) is 16.4 Å². The van der Waals surface area contributed by atoms with Crippen LogP contribution < -0.4 is 5.14 Å². The van der Waals surface area contributed by atoms with Crippen LogP contribution in [0.4, 0.5) is 0 Å². The number of hydrogen-bond donors (Lipinski definition) is 1. The van der Waals surface area contributed by atoms with Crippen LogP contribution in [0.2, 0.25) is 0 Å². The average molecular weight is 320 g/mol. The Balaban J connectivity index is 2.83. The van der Waals surface area contributed by atoms with Crippen molar-refractivity contribution in [3.63, 3.8) is 0 Å². The van der Waals surface area contributed by atoms with E-state index in [0.717, 1.165) is 12.0 Å². The van der Waals surface area contributed by atoms with Crippen LogP contribution in [0, 0.1) is 5.41 Å². The molecule has 0 aliphatic heterocycles. The number of hydrogen-bond acceptors (Lipinski definition) is 2. The highest BCUT2D eigenvalue weighted by Gasteiger charge is 2.21. The number of alkyl halides is 1. The number of nitrogens with two attached hydrogens (primary N) is 1. The van der Waals surface area contributed by atoms with Crippen molar-refractivity contribution in [2.24, 2.45) is 10.6 Å². The molecule has 0 heterocycles. The van der Waals surface area contributed by atoms with Gasteiger partial charge >= 0.3 is 0 Å². The lowest BCUT2D eigenvalue weighted by Gasteiger charge is -2.25. The molecular formula is C12H18BrNO2S. The van der Waals surface area contributed by atoms with E-state index < -0.39 is 10.0 Å². The topological polar surface area (TPSA) is 60.2 Å². The molecule has 1 rings (SSSR count). The molecule has 96 valence electrons. The van der Waals surface area contributed by atoms with Crippen LogP contribution in [0.25, 0.3) is 0 Å². The van der Waals surface area contributed by atoms with Gasteiger partial charge in [-0.3, -0.25) is 0 Å². The predicted molar refractivity (Wildman–Crippen MR) is 73.7 cm³/mol. The zero-order valence-corrected chi connectivity index (χ0v) is 12.7. The fourth-order valence-corrected chi connectivity index (χ4v) is 2.22. The van der Waals surface area contributed by atoms with Crippen molar-refractivity contribution >= 4 is 26.0 Å². The highest BCUT2D eigenvalue weighted by atomic mass is 79.9. The van der Waals surface area contributed by atoms with Crippen LogP contribution in [0.5, 0.6) is 0 Å². The molecule has 17 heavy (non-hydrogen) atoms. The first-order chi connectivity index (χ1) is 7.60. The Hall–Kier alpha value is -0.390. The molecule has 1 aromatic rings. The maximum absolute atomic E-state index is 11.1. The Morgan fingerprint density at radius 3 is 2.06 bits per heavy atom. The van der Waals surface area contributed by atoms with Crippen LogP contribution >= 0.6 is 15.9 Å². The van der Waals surface area contributed by atoms with Crippen LogP contribution in [0.15, 0.2) is 29.2 Å². The molecule has 0 saturated heterocycles. The molecule has 0 radical (unpaired) electrons. The second-order valence-corrected chi connectivity index (χ2v) is 7.89. The molecule has 0 saturated carbocycles. The van der Waals surface area contributed by atoms with E-state index in [4.69, 9.17) is 5.14 Å². The third-order valence-corrected chi connectivity index (χ3v) is 5.23.